The van der Waals surface area contributed by atoms with Crippen LogP contribution in [0.5, 0.6) is 17.2 Å². The topological polar surface area (TPSA) is 114 Å². The highest BCUT2D eigenvalue weighted by atomic mass is 19.3. The highest BCUT2D eigenvalue weighted by Gasteiger charge is 2.66. The number of rotatable bonds is 2. The molecular weight excluding hydrogens is 498 g/mol. The number of aliphatic imine (C=N–C) groups is 3. The highest BCUT2D eigenvalue weighted by Crippen LogP contribution is 2.53. The first-order valence-corrected chi connectivity index (χ1v) is 11.2. The predicted octanol–water partition coefficient (Wildman–Crippen LogP) is 4.72. The number of pyridine rings is 1. The van der Waals surface area contributed by atoms with Gasteiger partial charge in [0, 0.05) is 18.8 Å². The standard InChI is InChI=1S/C23H23F4N7O3/c1-20(2)21(9-10-21)34-17-14(35-20)7-8-16(31-17)32-19(29-4)33-18(28-3)30-12-5-6-13-15(11-12)37-23(26,27)22(24,25)36-13/h5-8,11H,3,9-10H2,1-2,4H3,(H3,29,30,31,32,33,34). The minimum atomic E-state index is -4.84. The zero-order chi connectivity index (χ0) is 26.6. The number of halogens is 4. The van der Waals surface area contributed by atoms with E-state index >= 15 is 0 Å². The van der Waals surface area contributed by atoms with E-state index in [2.05, 4.69) is 52.1 Å². The van der Waals surface area contributed by atoms with Crippen LogP contribution in [-0.2, 0) is 0 Å². The minimum Gasteiger partial charge on any atom is -0.482 e. The zero-order valence-corrected chi connectivity index (χ0v) is 20.0. The molecule has 0 radical (unpaired) electrons. The molecule has 1 fully saturated rings. The fourth-order valence-electron chi connectivity index (χ4n) is 4.02. The van der Waals surface area contributed by atoms with E-state index in [0.717, 1.165) is 25.0 Å². The molecule has 1 aromatic heterocycles. The van der Waals surface area contributed by atoms with E-state index in [1.54, 1.807) is 12.1 Å². The van der Waals surface area contributed by atoms with Crippen molar-refractivity contribution >= 4 is 36.0 Å². The lowest BCUT2D eigenvalue weighted by atomic mass is 9.94. The third-order valence-electron chi connectivity index (χ3n) is 6.31. The summed E-state index contributed by atoms with van der Waals surface area (Å²) in [4.78, 5) is 16.6. The number of hydrogen-bond acceptors (Lipinski definition) is 6. The largest absolute Gasteiger partial charge is 0.507 e. The van der Waals surface area contributed by atoms with Crippen LogP contribution in [0, 0.1) is 0 Å². The first-order valence-electron chi connectivity index (χ1n) is 11.2. The fourth-order valence-corrected chi connectivity index (χ4v) is 4.02. The van der Waals surface area contributed by atoms with E-state index in [-0.39, 0.29) is 28.7 Å². The Morgan fingerprint density at radius 2 is 1.62 bits per heavy atom. The summed E-state index contributed by atoms with van der Waals surface area (Å²) in [5.41, 5.74) is -0.369. The smallest absolute Gasteiger partial charge is 0.482 e. The highest BCUT2D eigenvalue weighted by molar-refractivity contribution is 6.07. The van der Waals surface area contributed by atoms with Crippen molar-refractivity contribution < 1.29 is 31.8 Å². The van der Waals surface area contributed by atoms with Crippen LogP contribution >= 0.6 is 0 Å². The van der Waals surface area contributed by atoms with Crippen molar-refractivity contribution in [3.8, 4) is 17.2 Å². The van der Waals surface area contributed by atoms with Crippen LogP contribution in [0.4, 0.5) is 34.9 Å². The number of nitrogens with zero attached hydrogens (tertiary/aromatic N) is 4. The van der Waals surface area contributed by atoms with Gasteiger partial charge in [0.25, 0.3) is 0 Å². The summed E-state index contributed by atoms with van der Waals surface area (Å²) < 4.78 is 68.2. The third kappa shape index (κ3) is 4.36. The fraction of sp³-hybridized carbons (Fsp3) is 0.391. The summed E-state index contributed by atoms with van der Waals surface area (Å²) in [5, 5.41) is 9.18. The van der Waals surface area contributed by atoms with Gasteiger partial charge in [0.2, 0.25) is 11.9 Å². The van der Waals surface area contributed by atoms with Crippen molar-refractivity contribution in [2.45, 2.75) is 50.0 Å². The maximum atomic E-state index is 13.5. The van der Waals surface area contributed by atoms with Crippen LogP contribution in [0.3, 0.4) is 0 Å². The molecule has 1 saturated carbocycles. The number of nitrogens with one attached hydrogen (secondary N) is 3. The lowest BCUT2D eigenvalue weighted by Gasteiger charge is -2.41. The molecule has 10 nitrogen and oxygen atoms in total. The molecule has 37 heavy (non-hydrogen) atoms. The van der Waals surface area contributed by atoms with E-state index in [4.69, 9.17) is 4.74 Å². The Hall–Kier alpha value is -4.10. The van der Waals surface area contributed by atoms with Gasteiger partial charge in [-0.25, -0.2) is 9.98 Å². The van der Waals surface area contributed by atoms with E-state index in [9.17, 15) is 17.6 Å². The second-order valence-electron chi connectivity index (χ2n) is 9.15. The van der Waals surface area contributed by atoms with Gasteiger partial charge >= 0.3 is 12.2 Å². The van der Waals surface area contributed by atoms with Gasteiger partial charge < -0.3 is 30.2 Å². The van der Waals surface area contributed by atoms with E-state index in [1.807, 2.05) is 13.8 Å². The molecule has 5 rings (SSSR count). The van der Waals surface area contributed by atoms with Crippen LogP contribution in [0.15, 0.2) is 45.3 Å². The maximum absolute atomic E-state index is 13.5. The first kappa shape index (κ1) is 24.6. The van der Waals surface area contributed by atoms with Crippen molar-refractivity contribution in [2.75, 3.05) is 23.0 Å². The Balaban J connectivity index is 1.32. The van der Waals surface area contributed by atoms with Gasteiger partial charge in [0.05, 0.1) is 5.54 Å². The molecule has 0 atom stereocenters. The number of ether oxygens (including phenoxy) is 3. The number of hydrogen-bond donors (Lipinski definition) is 3. The van der Waals surface area contributed by atoms with Gasteiger partial charge in [0.1, 0.15) is 11.4 Å². The van der Waals surface area contributed by atoms with Gasteiger partial charge in [-0.2, -0.15) is 22.6 Å². The second kappa shape index (κ2) is 8.21. The Bertz CT molecular complexity index is 1330. The minimum absolute atomic E-state index is 0.0695. The van der Waals surface area contributed by atoms with Gasteiger partial charge in [-0.3, -0.25) is 4.99 Å². The van der Waals surface area contributed by atoms with Crippen molar-refractivity contribution in [1.29, 1.82) is 0 Å². The predicted molar refractivity (Wildman–Crippen MR) is 130 cm³/mol. The zero-order valence-electron chi connectivity index (χ0n) is 20.0. The van der Waals surface area contributed by atoms with Crippen LogP contribution < -0.4 is 30.2 Å². The van der Waals surface area contributed by atoms with Crippen molar-refractivity contribution in [3.05, 3.63) is 30.3 Å². The molecule has 2 aliphatic heterocycles. The van der Waals surface area contributed by atoms with E-state index in [0.29, 0.717) is 17.4 Å². The number of anilines is 3. The summed E-state index contributed by atoms with van der Waals surface area (Å²) in [5.74, 6) is 0.557. The molecule has 0 amide bonds. The molecular formula is C23H23F4N7O3. The Morgan fingerprint density at radius 1 is 0.946 bits per heavy atom. The normalized spacial score (nSPS) is 21.7. The van der Waals surface area contributed by atoms with Crippen LogP contribution in [0.1, 0.15) is 26.7 Å². The number of benzene rings is 1. The summed E-state index contributed by atoms with van der Waals surface area (Å²) in [6, 6.07) is 6.87. The quantitative estimate of drug-likeness (QED) is 0.298. The molecule has 0 bridgehead atoms. The SMILES string of the molecule is C=NC(=NC(=NC)Nc1ccc2c(n1)NC1(CC1)C(C)(C)O2)Nc1ccc2c(c1)OC(F)(F)C(F)(F)O2. The Labute approximate surface area is 208 Å². The summed E-state index contributed by atoms with van der Waals surface area (Å²) in [6.07, 6.45) is -7.69. The lowest BCUT2D eigenvalue weighted by molar-refractivity contribution is -0.391. The Morgan fingerprint density at radius 3 is 2.27 bits per heavy atom. The molecule has 14 heteroatoms. The lowest BCUT2D eigenvalue weighted by Crippen LogP contribution is -2.52. The second-order valence-corrected chi connectivity index (χ2v) is 9.15. The number of aromatic nitrogens is 1. The molecule has 2 aromatic rings. The van der Waals surface area contributed by atoms with Crippen LogP contribution in [0.25, 0.3) is 0 Å². The molecule has 3 heterocycles. The summed E-state index contributed by atoms with van der Waals surface area (Å²) in [6.45, 7) is 7.51. The van der Waals surface area contributed by atoms with Crippen LogP contribution in [-0.4, -0.2) is 54.0 Å². The van der Waals surface area contributed by atoms with Crippen molar-refractivity contribution in [2.24, 2.45) is 15.0 Å². The molecule has 196 valence electrons. The average molecular weight is 521 g/mol. The number of fused-ring (bicyclic) bond motifs is 2. The Kier molecular flexibility index (Phi) is 5.46. The van der Waals surface area contributed by atoms with E-state index in [1.165, 1.54) is 13.1 Å². The van der Waals surface area contributed by atoms with Crippen LogP contribution in [0.2, 0.25) is 0 Å². The molecule has 0 saturated heterocycles. The molecule has 3 N–H and O–H groups in total. The van der Waals surface area contributed by atoms with Gasteiger partial charge in [-0.1, -0.05) is 0 Å². The number of alkyl halides is 4. The molecule has 1 spiro atoms. The first-order chi connectivity index (χ1) is 17.4. The summed E-state index contributed by atoms with van der Waals surface area (Å²) in [7, 11) is 1.49. The van der Waals surface area contributed by atoms with Gasteiger partial charge in [0.15, 0.2) is 23.1 Å². The third-order valence-corrected chi connectivity index (χ3v) is 6.31. The average Bonchev–Trinajstić information content (AvgIpc) is 3.60. The molecule has 1 aromatic carbocycles. The number of guanidine groups is 2. The molecule has 0 unspecified atom stereocenters. The van der Waals surface area contributed by atoms with Gasteiger partial charge in [-0.05, 0) is 57.7 Å². The van der Waals surface area contributed by atoms with Crippen molar-refractivity contribution in [1.82, 2.24) is 4.98 Å². The maximum Gasteiger partial charge on any atom is 0.507 e. The van der Waals surface area contributed by atoms with Gasteiger partial charge in [-0.15, -0.1) is 0 Å². The van der Waals surface area contributed by atoms with E-state index < -0.39 is 23.7 Å². The molecule has 3 aliphatic rings. The summed E-state index contributed by atoms with van der Waals surface area (Å²) >= 11 is 0. The monoisotopic (exact) mass is 521 g/mol. The van der Waals surface area contributed by atoms with Crippen molar-refractivity contribution in [3.63, 3.8) is 0 Å². The molecule has 1 aliphatic carbocycles.